The molecule has 0 saturated carbocycles. The molecule has 0 aliphatic heterocycles. The molecule has 0 unspecified atom stereocenters. The molecule has 2 aromatic rings. The number of amides is 1. The second-order valence-electron chi connectivity index (χ2n) is 5.25. The van der Waals surface area contributed by atoms with E-state index >= 15 is 0 Å². The number of anilines is 2. The van der Waals surface area contributed by atoms with Gasteiger partial charge in [-0.1, -0.05) is 11.6 Å². The van der Waals surface area contributed by atoms with Gasteiger partial charge in [-0.3, -0.25) is 4.79 Å². The number of aryl methyl sites for hydroxylation is 1. The Bertz CT molecular complexity index is 800. The minimum atomic E-state index is -4.50. The SMILES string of the molecule is COCCNC(=O)c1cc(Nc2cc(C(F)(F)F)ccc2Cl)nc(C)n1. The van der Waals surface area contributed by atoms with Crippen molar-refractivity contribution in [1.29, 1.82) is 0 Å². The van der Waals surface area contributed by atoms with Gasteiger partial charge in [-0.25, -0.2) is 9.97 Å². The number of halogens is 4. The molecule has 1 heterocycles. The molecule has 0 spiro atoms. The molecule has 10 heteroatoms. The zero-order chi connectivity index (χ0) is 19.3. The topological polar surface area (TPSA) is 76.1 Å². The highest BCUT2D eigenvalue weighted by Crippen LogP contribution is 2.34. The summed E-state index contributed by atoms with van der Waals surface area (Å²) in [5, 5.41) is 5.39. The van der Waals surface area contributed by atoms with Crippen LogP contribution in [0.4, 0.5) is 24.7 Å². The Morgan fingerprint density at radius 2 is 2.00 bits per heavy atom. The lowest BCUT2D eigenvalue weighted by Gasteiger charge is -2.13. The van der Waals surface area contributed by atoms with Gasteiger partial charge in [0.1, 0.15) is 17.3 Å². The van der Waals surface area contributed by atoms with Gasteiger partial charge < -0.3 is 15.4 Å². The van der Waals surface area contributed by atoms with Crippen molar-refractivity contribution in [2.75, 3.05) is 25.6 Å². The Balaban J connectivity index is 2.26. The number of hydrogen-bond acceptors (Lipinski definition) is 5. The highest BCUT2D eigenvalue weighted by molar-refractivity contribution is 6.33. The number of ether oxygens (including phenoxy) is 1. The molecule has 0 aliphatic carbocycles. The molecule has 0 saturated heterocycles. The van der Waals surface area contributed by atoms with Crippen molar-refractivity contribution < 1.29 is 22.7 Å². The summed E-state index contributed by atoms with van der Waals surface area (Å²) in [6.45, 7) is 2.19. The molecule has 6 nitrogen and oxygen atoms in total. The highest BCUT2D eigenvalue weighted by atomic mass is 35.5. The van der Waals surface area contributed by atoms with Gasteiger partial charge in [0.25, 0.3) is 5.91 Å². The predicted octanol–water partition coefficient (Wildman–Crippen LogP) is 3.58. The van der Waals surface area contributed by atoms with E-state index in [1.807, 2.05) is 0 Å². The first-order valence-corrected chi connectivity index (χ1v) is 7.85. The maximum atomic E-state index is 12.9. The van der Waals surface area contributed by atoms with E-state index in [9.17, 15) is 18.0 Å². The van der Waals surface area contributed by atoms with Crippen LogP contribution in [-0.4, -0.2) is 36.1 Å². The van der Waals surface area contributed by atoms with Crippen LogP contribution in [0.15, 0.2) is 24.3 Å². The van der Waals surface area contributed by atoms with Crippen LogP contribution in [0.3, 0.4) is 0 Å². The average Bonchev–Trinajstić information content (AvgIpc) is 2.55. The summed E-state index contributed by atoms with van der Waals surface area (Å²) in [5.41, 5.74) is -0.766. The van der Waals surface area contributed by atoms with E-state index in [1.165, 1.54) is 13.2 Å². The van der Waals surface area contributed by atoms with Gasteiger partial charge in [-0.2, -0.15) is 13.2 Å². The van der Waals surface area contributed by atoms with E-state index < -0.39 is 17.6 Å². The first-order valence-electron chi connectivity index (χ1n) is 7.47. The number of nitrogens with one attached hydrogen (secondary N) is 2. The molecule has 26 heavy (non-hydrogen) atoms. The molecule has 140 valence electrons. The largest absolute Gasteiger partial charge is 0.416 e. The van der Waals surface area contributed by atoms with Gasteiger partial charge >= 0.3 is 6.18 Å². The van der Waals surface area contributed by atoms with Crippen molar-refractivity contribution in [3.63, 3.8) is 0 Å². The number of alkyl halides is 3. The van der Waals surface area contributed by atoms with Crippen molar-refractivity contribution >= 4 is 29.0 Å². The van der Waals surface area contributed by atoms with Gasteiger partial charge in [0.05, 0.1) is 22.9 Å². The van der Waals surface area contributed by atoms with Crippen LogP contribution in [0, 0.1) is 6.92 Å². The Hall–Kier alpha value is -2.39. The highest BCUT2D eigenvalue weighted by Gasteiger charge is 2.31. The molecule has 0 radical (unpaired) electrons. The predicted molar refractivity (Wildman–Crippen MR) is 90.7 cm³/mol. The summed E-state index contributed by atoms with van der Waals surface area (Å²) in [5.74, 6) is -0.0312. The van der Waals surface area contributed by atoms with E-state index in [4.69, 9.17) is 16.3 Å². The molecule has 0 fully saturated rings. The van der Waals surface area contributed by atoms with Crippen LogP contribution in [0.5, 0.6) is 0 Å². The number of nitrogens with zero attached hydrogens (tertiary/aromatic N) is 2. The number of hydrogen-bond donors (Lipinski definition) is 2. The third-order valence-corrected chi connectivity index (χ3v) is 3.55. The van der Waals surface area contributed by atoms with Gasteiger partial charge in [-0.05, 0) is 25.1 Å². The van der Waals surface area contributed by atoms with Crippen molar-refractivity contribution in [3.05, 3.63) is 46.4 Å². The van der Waals surface area contributed by atoms with Gasteiger partial charge in [0, 0.05) is 19.7 Å². The van der Waals surface area contributed by atoms with E-state index in [1.54, 1.807) is 6.92 Å². The summed E-state index contributed by atoms with van der Waals surface area (Å²) in [6, 6.07) is 4.22. The number of carbonyl (C=O) groups is 1. The first-order chi connectivity index (χ1) is 12.2. The lowest BCUT2D eigenvalue weighted by atomic mass is 10.2. The molecule has 1 aromatic heterocycles. The fourth-order valence-corrected chi connectivity index (χ4v) is 2.21. The van der Waals surface area contributed by atoms with E-state index in [0.29, 0.717) is 13.2 Å². The molecule has 2 rings (SSSR count). The van der Waals surface area contributed by atoms with Crippen LogP contribution in [0.2, 0.25) is 5.02 Å². The van der Waals surface area contributed by atoms with Crippen LogP contribution < -0.4 is 10.6 Å². The zero-order valence-electron chi connectivity index (χ0n) is 13.9. The van der Waals surface area contributed by atoms with Crippen molar-refractivity contribution in [1.82, 2.24) is 15.3 Å². The Morgan fingerprint density at radius 3 is 2.65 bits per heavy atom. The summed E-state index contributed by atoms with van der Waals surface area (Å²) >= 11 is 5.96. The maximum absolute atomic E-state index is 12.9. The fourth-order valence-electron chi connectivity index (χ4n) is 2.04. The maximum Gasteiger partial charge on any atom is 0.416 e. The minimum absolute atomic E-state index is 0.0188. The third kappa shape index (κ3) is 5.30. The number of methoxy groups -OCH3 is 1. The van der Waals surface area contributed by atoms with E-state index in [-0.39, 0.29) is 28.0 Å². The number of rotatable bonds is 6. The molecule has 1 amide bonds. The monoisotopic (exact) mass is 388 g/mol. The van der Waals surface area contributed by atoms with Gasteiger partial charge in [0.2, 0.25) is 0 Å². The van der Waals surface area contributed by atoms with Crippen molar-refractivity contribution in [2.24, 2.45) is 0 Å². The molecular formula is C16H16ClF3N4O2. The standard InChI is InChI=1S/C16H16ClF3N4O2/c1-9-22-13(15(25)21-5-6-26-2)8-14(23-9)24-12-7-10(16(18,19)20)3-4-11(12)17/h3-4,7-8H,5-6H2,1-2H3,(H,21,25)(H,22,23,24). The zero-order valence-corrected chi connectivity index (χ0v) is 14.7. The molecule has 0 atom stereocenters. The van der Waals surface area contributed by atoms with Crippen LogP contribution in [-0.2, 0) is 10.9 Å². The Labute approximate surface area is 152 Å². The molecule has 2 N–H and O–H groups in total. The summed E-state index contributed by atoms with van der Waals surface area (Å²) in [4.78, 5) is 20.2. The van der Waals surface area contributed by atoms with Crippen LogP contribution in [0.25, 0.3) is 0 Å². The minimum Gasteiger partial charge on any atom is -0.383 e. The molecular weight excluding hydrogens is 373 g/mol. The second kappa shape index (κ2) is 8.33. The molecule has 1 aromatic carbocycles. The van der Waals surface area contributed by atoms with E-state index in [2.05, 4.69) is 20.6 Å². The number of aromatic nitrogens is 2. The smallest absolute Gasteiger partial charge is 0.383 e. The summed E-state index contributed by atoms with van der Waals surface area (Å²) < 4.78 is 43.4. The number of benzene rings is 1. The van der Waals surface area contributed by atoms with Crippen molar-refractivity contribution in [3.8, 4) is 0 Å². The molecule has 0 bridgehead atoms. The third-order valence-electron chi connectivity index (χ3n) is 3.22. The van der Waals surface area contributed by atoms with E-state index in [0.717, 1.165) is 18.2 Å². The lowest BCUT2D eigenvalue weighted by Crippen LogP contribution is -2.28. The van der Waals surface area contributed by atoms with Crippen molar-refractivity contribution in [2.45, 2.75) is 13.1 Å². The first kappa shape index (κ1) is 19.9. The number of carbonyl (C=O) groups excluding carboxylic acids is 1. The molecule has 0 aliphatic rings. The lowest BCUT2D eigenvalue weighted by molar-refractivity contribution is -0.137. The summed E-state index contributed by atoms with van der Waals surface area (Å²) in [7, 11) is 1.50. The van der Waals surface area contributed by atoms with Crippen LogP contribution >= 0.6 is 11.6 Å². The average molecular weight is 389 g/mol. The van der Waals surface area contributed by atoms with Crippen LogP contribution in [0.1, 0.15) is 21.9 Å². The van der Waals surface area contributed by atoms with Gasteiger partial charge in [0.15, 0.2) is 0 Å². The summed E-state index contributed by atoms with van der Waals surface area (Å²) in [6.07, 6.45) is -4.50. The van der Waals surface area contributed by atoms with Gasteiger partial charge in [-0.15, -0.1) is 0 Å². The Morgan fingerprint density at radius 1 is 1.27 bits per heavy atom. The normalized spacial score (nSPS) is 11.3. The fraction of sp³-hybridized carbons (Fsp3) is 0.312. The second-order valence-corrected chi connectivity index (χ2v) is 5.66. The quantitative estimate of drug-likeness (QED) is 0.740. The Kier molecular flexibility index (Phi) is 6.38.